The SMILES string of the molecule is CCCCCCCC(=O)N[C@@H](CCNC(=O)OCc1ccccc1Cl)C(=O)N[C@H](C(=O)N[C@@H](CCNC(=O)OCc1ccccc1Cl)C(=O)N[C@H]1CCNC(=O)[C@H]([C@@H](C)OCc2ccccc2)NC(=O)[C@H](CCNC(=O)OCc2ccccc2Cl)NC(=O)[C@H](CCNC(=O)OCc2ccccc2Cl)NC(=O)[C@H](CC(C)C)NC(=O)[C@@H](C)NC(=O)[C@H](CCNC(=O)OCc2ccccc2Cl)NC1=O)[C@@H](C)OCc1ccccc1. The van der Waals surface area contributed by atoms with E-state index >= 15 is 43.2 Å². The summed E-state index contributed by atoms with van der Waals surface area (Å²) in [6, 6.07) is 32.5. The van der Waals surface area contributed by atoms with Crippen LogP contribution in [0.15, 0.2) is 182 Å². The van der Waals surface area contributed by atoms with E-state index in [1.807, 2.05) is 6.92 Å². The fourth-order valence-corrected chi connectivity index (χ4v) is 15.6. The zero-order valence-electron chi connectivity index (χ0n) is 82.5. The van der Waals surface area contributed by atoms with Crippen LogP contribution in [-0.2, 0) is 132 Å². The fraction of sp³-hybridized carbons (Fsp3) is 0.437. The highest BCUT2D eigenvalue weighted by Gasteiger charge is 2.40. The van der Waals surface area contributed by atoms with Gasteiger partial charge in [-0.2, -0.15) is 0 Å². The summed E-state index contributed by atoms with van der Waals surface area (Å²) >= 11 is 31.9. The molecule has 1 aliphatic heterocycles. The van der Waals surface area contributed by atoms with Crippen LogP contribution in [0.1, 0.15) is 164 Å². The van der Waals surface area contributed by atoms with Crippen LogP contribution < -0.4 is 85.1 Å². The van der Waals surface area contributed by atoms with Crippen molar-refractivity contribution in [1.29, 1.82) is 0 Å². The molecule has 0 radical (unpaired) electrons. The van der Waals surface area contributed by atoms with E-state index in [4.69, 9.17) is 91.2 Å². The molecule has 0 aromatic heterocycles. The Morgan fingerprint density at radius 3 is 1.14 bits per heavy atom. The molecule has 0 unspecified atom stereocenters. The minimum Gasteiger partial charge on any atom is -0.445 e. The maximum absolute atomic E-state index is 15.9. The number of hydrogen-bond donors (Lipinski definition) is 16. The summed E-state index contributed by atoms with van der Waals surface area (Å²) in [5.41, 5.74) is 3.41. The largest absolute Gasteiger partial charge is 0.445 e. The number of nitrogens with one attached hydrogen (secondary N) is 16. The fourth-order valence-electron chi connectivity index (χ4n) is 14.7. The van der Waals surface area contributed by atoms with E-state index in [1.165, 1.54) is 20.8 Å². The molecule has 44 heteroatoms. The molecular formula is C103H129Cl5N16O23. The molecule has 12 atom stereocenters. The minimum absolute atomic E-state index is 0.0173. The van der Waals surface area contributed by atoms with E-state index in [2.05, 4.69) is 85.1 Å². The first-order chi connectivity index (χ1) is 70.6. The van der Waals surface area contributed by atoms with Gasteiger partial charge in [-0.25, -0.2) is 24.0 Å². The van der Waals surface area contributed by atoms with Crippen molar-refractivity contribution in [1.82, 2.24) is 85.1 Å². The van der Waals surface area contributed by atoms with Crippen LogP contribution in [0.2, 0.25) is 25.1 Å². The standard InChI is InChI=1S/C103H129Cl5N16O23/c1-7-8-9-10-17-42-86(125)116-79(44-50-110-99(136)143-58-69-32-18-23-37-74(69)104)94(131)124-88(66(6)142-57-68-30-15-12-16-31-68)98(135)121-83(47-53-113-102(139)146-61-72-35-21-26-40-77(72)107)93(130)118-81-43-49-109-97(134)87(65(5)141-56-67-28-13-11-14-29-67)123-95(132)84(48-54-114-103(140)147-62-73-36-22-27-41-78(73)108)119-92(129)82(46-52-112-101(138)145-60-71-34-20-25-39-76(71)106)120-96(133)85(55-63(2)3)122-89(126)64(4)115-90(127)80(117-91(81)128)45-51-111-100(137)144-59-70-33-19-24-38-75(70)105/h11-16,18-41,63-66,79-85,87-88H,7-10,17,42-62H2,1-6H3,(H,109,134)(H,110,136)(H,111,137)(H,112,138)(H,113,139)(H,114,140)(H,115,127)(H,116,125)(H,117,128)(H,118,130)(H,119,129)(H,120,133)(H,121,135)(H,122,126)(H,123,132)(H,124,131)/t64-,65-,66-,79+,80+,81+,82+,83+,84+,85+,87+,88+/m1/s1. The maximum atomic E-state index is 15.9. The van der Waals surface area contributed by atoms with Crippen LogP contribution >= 0.6 is 58.0 Å². The van der Waals surface area contributed by atoms with Gasteiger partial charge in [0, 0.05) is 98.6 Å². The first-order valence-electron chi connectivity index (χ1n) is 48.4. The molecule has 16 amide bonds. The topological polar surface area (TPSA) is 530 Å². The highest BCUT2D eigenvalue weighted by atomic mass is 35.5. The Morgan fingerprint density at radius 2 is 0.728 bits per heavy atom. The van der Waals surface area contributed by atoms with Crippen molar-refractivity contribution < 1.29 is 110 Å². The van der Waals surface area contributed by atoms with Gasteiger partial charge in [-0.1, -0.05) is 256 Å². The van der Waals surface area contributed by atoms with Crippen LogP contribution in [-0.4, -0.2) is 207 Å². The average molecular weight is 2140 g/mol. The van der Waals surface area contributed by atoms with Crippen molar-refractivity contribution in [2.75, 3.05) is 39.3 Å². The summed E-state index contributed by atoms with van der Waals surface area (Å²) < 4.78 is 39.9. The Balaban J connectivity index is 1.20. The predicted octanol–water partition coefficient (Wildman–Crippen LogP) is 10.8. The number of carbonyl (C=O) groups excluding carboxylic acids is 16. The Morgan fingerprint density at radius 1 is 0.367 bits per heavy atom. The lowest BCUT2D eigenvalue weighted by Gasteiger charge is -2.30. The molecule has 39 nitrogen and oxygen atoms in total. The number of unbranched alkanes of at least 4 members (excludes halogenated alkanes) is 4. The summed E-state index contributed by atoms with van der Waals surface area (Å²) in [6.07, 6.45) is -7.09. The molecule has 8 rings (SSSR count). The smallest absolute Gasteiger partial charge is 0.407 e. The van der Waals surface area contributed by atoms with Gasteiger partial charge in [0.15, 0.2) is 0 Å². The first-order valence-corrected chi connectivity index (χ1v) is 50.3. The van der Waals surface area contributed by atoms with E-state index in [0.717, 1.165) is 19.3 Å². The second-order valence-electron chi connectivity index (χ2n) is 35.0. The third-order valence-electron chi connectivity index (χ3n) is 23.1. The van der Waals surface area contributed by atoms with Crippen molar-refractivity contribution in [2.24, 2.45) is 5.92 Å². The minimum atomic E-state index is -1.99. The number of halogens is 5. The highest BCUT2D eigenvalue weighted by Crippen LogP contribution is 2.23. The molecule has 7 aromatic rings. The molecule has 1 heterocycles. The van der Waals surface area contributed by atoms with Gasteiger partial charge in [-0.05, 0) is 120 Å². The van der Waals surface area contributed by atoms with Crippen molar-refractivity contribution in [3.05, 3.63) is 246 Å². The van der Waals surface area contributed by atoms with Gasteiger partial charge in [0.2, 0.25) is 65.0 Å². The molecule has 7 aromatic carbocycles. The van der Waals surface area contributed by atoms with Crippen LogP contribution in [0.5, 0.6) is 0 Å². The van der Waals surface area contributed by atoms with E-state index in [-0.39, 0.29) is 87.1 Å². The molecule has 16 N–H and O–H groups in total. The van der Waals surface area contributed by atoms with E-state index in [9.17, 15) is 33.6 Å². The van der Waals surface area contributed by atoms with Gasteiger partial charge in [0.25, 0.3) is 0 Å². The number of benzene rings is 7. The van der Waals surface area contributed by atoms with Crippen LogP contribution in [0.25, 0.3) is 0 Å². The zero-order valence-corrected chi connectivity index (χ0v) is 86.3. The lowest BCUT2D eigenvalue weighted by atomic mass is 10.0. The normalized spacial score (nSPS) is 17.5. The predicted molar refractivity (Wildman–Crippen MR) is 548 cm³/mol. The van der Waals surface area contributed by atoms with Crippen molar-refractivity contribution >= 4 is 153 Å². The van der Waals surface area contributed by atoms with Crippen molar-refractivity contribution in [3.63, 3.8) is 0 Å². The molecule has 0 spiro atoms. The third-order valence-corrected chi connectivity index (χ3v) is 24.9. The van der Waals surface area contributed by atoms with Gasteiger partial charge >= 0.3 is 30.5 Å². The summed E-state index contributed by atoms with van der Waals surface area (Å²) in [7, 11) is 0. The number of hydrogen-bond acceptors (Lipinski definition) is 23. The average Bonchev–Trinajstić information content (AvgIpc) is 0.890. The molecule has 147 heavy (non-hydrogen) atoms. The Labute approximate surface area is 878 Å². The third kappa shape index (κ3) is 43.6. The number of rotatable bonds is 48. The van der Waals surface area contributed by atoms with E-state index in [0.29, 0.717) is 61.8 Å². The Bertz CT molecular complexity index is 5510. The molecule has 0 bridgehead atoms. The van der Waals surface area contributed by atoms with Gasteiger partial charge in [-0.15, -0.1) is 0 Å². The van der Waals surface area contributed by atoms with Crippen LogP contribution in [0.4, 0.5) is 24.0 Å². The van der Waals surface area contributed by atoms with Gasteiger partial charge in [0.1, 0.15) is 93.5 Å². The van der Waals surface area contributed by atoms with Gasteiger partial charge in [0.05, 0.1) is 25.4 Å². The Hall–Kier alpha value is -13.6. The number of amides is 16. The molecule has 1 fully saturated rings. The van der Waals surface area contributed by atoms with Crippen LogP contribution in [0, 0.1) is 5.92 Å². The zero-order chi connectivity index (χ0) is 107. The van der Waals surface area contributed by atoms with Crippen molar-refractivity contribution in [2.45, 2.75) is 244 Å². The first kappa shape index (κ1) is 119. The molecule has 0 saturated carbocycles. The maximum Gasteiger partial charge on any atom is 0.407 e. The second-order valence-corrected chi connectivity index (χ2v) is 37.0. The van der Waals surface area contributed by atoms with Gasteiger partial charge < -0.3 is 118 Å². The molecule has 0 aliphatic carbocycles. The quantitative estimate of drug-likeness (QED) is 0.0124. The number of carbonyl (C=O) groups is 16. The highest BCUT2D eigenvalue weighted by molar-refractivity contribution is 6.32. The van der Waals surface area contributed by atoms with E-state index < -0.39 is 239 Å². The monoisotopic (exact) mass is 2130 g/mol. The number of alkyl carbamates (subject to hydrolysis) is 5. The lowest BCUT2D eigenvalue weighted by molar-refractivity contribution is -0.138. The van der Waals surface area contributed by atoms with Crippen LogP contribution in [0.3, 0.4) is 0 Å². The summed E-state index contributed by atoms with van der Waals surface area (Å²) in [5.74, 6) is -12.0. The molecule has 1 aliphatic rings. The van der Waals surface area contributed by atoms with E-state index in [1.54, 1.807) is 196 Å². The molecule has 1 saturated heterocycles. The molecule has 794 valence electrons. The lowest BCUT2D eigenvalue weighted by Crippen LogP contribution is -2.62. The summed E-state index contributed by atoms with van der Waals surface area (Å²) in [4.78, 5) is 235. The van der Waals surface area contributed by atoms with Crippen molar-refractivity contribution in [3.8, 4) is 0 Å². The Kier molecular flexibility index (Phi) is 52.0. The molecular weight excluding hydrogens is 2010 g/mol. The summed E-state index contributed by atoms with van der Waals surface area (Å²) in [5, 5.41) is 43.4. The second kappa shape index (κ2) is 64.4. The number of ether oxygens (including phenoxy) is 7. The van der Waals surface area contributed by atoms with Gasteiger partial charge in [-0.3, -0.25) is 52.7 Å². The summed E-state index contributed by atoms with van der Waals surface area (Å²) in [6.45, 7) is 4.88.